The Balaban J connectivity index is 2.61. The van der Waals surface area contributed by atoms with Crippen molar-refractivity contribution >= 4 is 33.5 Å². The Hall–Kier alpha value is -1.19. The van der Waals surface area contributed by atoms with Crippen LogP contribution in [-0.4, -0.2) is 49.8 Å². The van der Waals surface area contributed by atoms with Gasteiger partial charge in [0.05, 0.1) is 5.75 Å². The van der Waals surface area contributed by atoms with Gasteiger partial charge < -0.3 is 10.6 Å². The number of sulfonamides is 1. The van der Waals surface area contributed by atoms with Crippen molar-refractivity contribution in [3.05, 3.63) is 5.28 Å². The summed E-state index contributed by atoms with van der Waals surface area (Å²) in [5.41, 5.74) is 0. The van der Waals surface area contributed by atoms with E-state index >= 15 is 0 Å². The van der Waals surface area contributed by atoms with Crippen molar-refractivity contribution in [3.8, 4) is 0 Å². The van der Waals surface area contributed by atoms with Crippen molar-refractivity contribution in [3.63, 3.8) is 0 Å². The van der Waals surface area contributed by atoms with Crippen molar-refractivity contribution in [2.75, 3.05) is 37.0 Å². The molecule has 0 unspecified atom stereocenters. The molecule has 17 heavy (non-hydrogen) atoms. The molecule has 8 nitrogen and oxygen atoms in total. The Kier molecular flexibility index (Phi) is 4.85. The average Bonchev–Trinajstić information content (AvgIpc) is 2.28. The molecular formula is C7H13ClN6O2S. The summed E-state index contributed by atoms with van der Waals surface area (Å²) in [5, 5.41) is 5.48. The molecule has 0 atom stereocenters. The van der Waals surface area contributed by atoms with Crippen LogP contribution in [-0.2, 0) is 10.0 Å². The van der Waals surface area contributed by atoms with E-state index in [1.54, 1.807) is 7.05 Å². The van der Waals surface area contributed by atoms with Gasteiger partial charge in [0.25, 0.3) is 0 Å². The predicted molar refractivity (Wildman–Crippen MR) is 65.7 cm³/mol. The fourth-order valence-electron chi connectivity index (χ4n) is 0.940. The smallest absolute Gasteiger partial charge is 0.228 e. The zero-order chi connectivity index (χ0) is 12.9. The van der Waals surface area contributed by atoms with Gasteiger partial charge in [-0.1, -0.05) is 0 Å². The van der Waals surface area contributed by atoms with Crippen molar-refractivity contribution < 1.29 is 8.42 Å². The highest BCUT2D eigenvalue weighted by atomic mass is 35.5. The molecule has 0 bridgehead atoms. The van der Waals surface area contributed by atoms with Gasteiger partial charge in [-0.3, -0.25) is 0 Å². The molecule has 0 amide bonds. The minimum atomic E-state index is -3.25. The molecule has 0 fully saturated rings. The highest BCUT2D eigenvalue weighted by molar-refractivity contribution is 7.89. The van der Waals surface area contributed by atoms with Gasteiger partial charge in [0.1, 0.15) is 0 Å². The molecule has 0 radical (unpaired) electrons. The van der Waals surface area contributed by atoms with Crippen molar-refractivity contribution in [2.45, 2.75) is 0 Å². The fraction of sp³-hybridized carbons (Fsp3) is 0.571. The molecule has 0 saturated heterocycles. The van der Waals surface area contributed by atoms with E-state index in [2.05, 4.69) is 30.3 Å². The summed E-state index contributed by atoms with van der Waals surface area (Å²) in [4.78, 5) is 11.5. The molecule has 0 aromatic carbocycles. The highest BCUT2D eigenvalue weighted by Crippen LogP contribution is 2.08. The molecule has 1 rings (SSSR count). The maximum atomic E-state index is 11.1. The Morgan fingerprint density at radius 1 is 1.18 bits per heavy atom. The van der Waals surface area contributed by atoms with Gasteiger partial charge in [0, 0.05) is 13.6 Å². The van der Waals surface area contributed by atoms with Gasteiger partial charge in [-0.2, -0.15) is 15.0 Å². The van der Waals surface area contributed by atoms with Crippen LogP contribution < -0.4 is 15.4 Å². The first kappa shape index (κ1) is 13.9. The van der Waals surface area contributed by atoms with Crippen molar-refractivity contribution in [1.82, 2.24) is 19.7 Å². The van der Waals surface area contributed by atoms with Gasteiger partial charge >= 0.3 is 0 Å². The highest BCUT2D eigenvalue weighted by Gasteiger charge is 2.08. The van der Waals surface area contributed by atoms with Gasteiger partial charge in [-0.25, -0.2) is 13.1 Å². The zero-order valence-corrected chi connectivity index (χ0v) is 10.9. The number of hydrogen-bond acceptors (Lipinski definition) is 7. The molecule has 1 aromatic heterocycles. The number of halogens is 1. The van der Waals surface area contributed by atoms with Crippen LogP contribution in [0.25, 0.3) is 0 Å². The second-order valence-corrected chi connectivity index (χ2v) is 5.34. The molecule has 0 aliphatic rings. The lowest BCUT2D eigenvalue weighted by Crippen LogP contribution is -2.26. The molecule has 3 N–H and O–H groups in total. The van der Waals surface area contributed by atoms with Crippen LogP contribution in [0.1, 0.15) is 0 Å². The van der Waals surface area contributed by atoms with Crippen molar-refractivity contribution in [2.24, 2.45) is 0 Å². The summed E-state index contributed by atoms with van der Waals surface area (Å²) in [6, 6.07) is 0. The Morgan fingerprint density at radius 3 is 2.41 bits per heavy atom. The molecule has 0 saturated carbocycles. The topological polar surface area (TPSA) is 109 Å². The molecule has 0 aliphatic carbocycles. The molecule has 1 aromatic rings. The summed E-state index contributed by atoms with van der Waals surface area (Å²) < 4.78 is 24.5. The van der Waals surface area contributed by atoms with E-state index < -0.39 is 10.0 Å². The number of nitrogens with zero attached hydrogens (tertiary/aromatic N) is 3. The van der Waals surface area contributed by atoms with Crippen LogP contribution in [0.2, 0.25) is 5.28 Å². The molecule has 0 spiro atoms. The zero-order valence-electron chi connectivity index (χ0n) is 9.36. The fourth-order valence-corrected chi connectivity index (χ4v) is 1.68. The minimum absolute atomic E-state index is 0.0309. The molecule has 0 aliphatic heterocycles. The average molecular weight is 281 g/mol. The van der Waals surface area contributed by atoms with Gasteiger partial charge in [0.2, 0.25) is 27.2 Å². The molecule has 10 heteroatoms. The number of anilines is 2. The standard InChI is InChI=1S/C7H13ClN6O2S/c1-9-6-12-5(8)13-7(14-6)11-3-4-17(15,16)10-2/h10H,3-4H2,1-2H3,(H2,9,11,12,13,14). The number of aromatic nitrogens is 3. The summed E-state index contributed by atoms with van der Waals surface area (Å²) in [5.74, 6) is 0.450. The van der Waals surface area contributed by atoms with Crippen LogP contribution in [0.15, 0.2) is 0 Å². The maximum absolute atomic E-state index is 11.1. The van der Waals surface area contributed by atoms with E-state index in [4.69, 9.17) is 11.6 Å². The van der Waals surface area contributed by atoms with E-state index in [-0.39, 0.29) is 23.5 Å². The van der Waals surface area contributed by atoms with E-state index in [1.165, 1.54) is 7.05 Å². The first-order valence-corrected chi connectivity index (χ1v) is 6.74. The lowest BCUT2D eigenvalue weighted by Gasteiger charge is -2.06. The Labute approximate surface area is 104 Å². The van der Waals surface area contributed by atoms with Crippen LogP contribution in [0.5, 0.6) is 0 Å². The second-order valence-electron chi connectivity index (χ2n) is 2.95. The van der Waals surface area contributed by atoms with Crippen LogP contribution in [0.3, 0.4) is 0 Å². The number of hydrogen-bond donors (Lipinski definition) is 3. The SMILES string of the molecule is CNc1nc(Cl)nc(NCCS(=O)(=O)NC)n1. The minimum Gasteiger partial charge on any atom is -0.357 e. The van der Waals surface area contributed by atoms with Gasteiger partial charge in [-0.05, 0) is 18.6 Å². The van der Waals surface area contributed by atoms with E-state index in [0.717, 1.165) is 0 Å². The molecule has 1 heterocycles. The van der Waals surface area contributed by atoms with Gasteiger partial charge in [0.15, 0.2) is 0 Å². The number of rotatable bonds is 6. The summed E-state index contributed by atoms with van der Waals surface area (Å²) >= 11 is 5.65. The first-order valence-electron chi connectivity index (χ1n) is 4.71. The lowest BCUT2D eigenvalue weighted by atomic mass is 10.7. The lowest BCUT2D eigenvalue weighted by molar-refractivity contribution is 0.588. The summed E-state index contributed by atoms with van der Waals surface area (Å²) in [6.45, 7) is 0.173. The van der Waals surface area contributed by atoms with E-state index in [0.29, 0.717) is 5.95 Å². The Morgan fingerprint density at radius 2 is 1.82 bits per heavy atom. The van der Waals surface area contributed by atoms with Crippen molar-refractivity contribution in [1.29, 1.82) is 0 Å². The molecule has 96 valence electrons. The van der Waals surface area contributed by atoms with E-state index in [9.17, 15) is 8.42 Å². The quantitative estimate of drug-likeness (QED) is 0.646. The normalized spacial score (nSPS) is 11.2. The van der Waals surface area contributed by atoms with Crippen LogP contribution >= 0.6 is 11.6 Å². The Bertz CT molecular complexity index is 479. The third kappa shape index (κ3) is 4.67. The van der Waals surface area contributed by atoms with Crippen LogP contribution in [0.4, 0.5) is 11.9 Å². The number of nitrogens with one attached hydrogen (secondary N) is 3. The first-order chi connectivity index (χ1) is 7.96. The largest absolute Gasteiger partial charge is 0.357 e. The third-order valence-corrected chi connectivity index (χ3v) is 3.33. The second kappa shape index (κ2) is 5.94. The van der Waals surface area contributed by atoms with Gasteiger partial charge in [-0.15, -0.1) is 0 Å². The third-order valence-electron chi connectivity index (χ3n) is 1.80. The summed E-state index contributed by atoms with van der Waals surface area (Å²) in [6.07, 6.45) is 0. The predicted octanol–water partition coefficient (Wildman–Crippen LogP) is -0.472. The monoisotopic (exact) mass is 280 g/mol. The maximum Gasteiger partial charge on any atom is 0.228 e. The van der Waals surface area contributed by atoms with Crippen LogP contribution in [0, 0.1) is 0 Å². The summed E-state index contributed by atoms with van der Waals surface area (Å²) in [7, 11) is -0.253. The van der Waals surface area contributed by atoms with E-state index in [1.807, 2.05) is 0 Å². The molecular weight excluding hydrogens is 268 g/mol.